The van der Waals surface area contributed by atoms with Crippen LogP contribution in [0.3, 0.4) is 0 Å². The number of aromatic nitrogens is 7. The molecule has 1 aromatic carbocycles. The Morgan fingerprint density at radius 1 is 1.04 bits per heavy atom. The minimum Gasteiger partial charge on any atom is -0.267 e. The van der Waals surface area contributed by atoms with Gasteiger partial charge in [-0.3, -0.25) is 4.79 Å². The van der Waals surface area contributed by atoms with Crippen molar-refractivity contribution < 1.29 is 4.39 Å². The van der Waals surface area contributed by atoms with Gasteiger partial charge in [-0.25, -0.2) is 23.2 Å². The molecule has 27 heavy (non-hydrogen) atoms. The van der Waals surface area contributed by atoms with Gasteiger partial charge in [-0.05, 0) is 30.7 Å². The highest BCUT2D eigenvalue weighted by Crippen LogP contribution is 2.28. The molecule has 0 unspecified atom stereocenters. The average molecular weight is 361 g/mol. The van der Waals surface area contributed by atoms with E-state index in [0.29, 0.717) is 16.6 Å². The van der Waals surface area contributed by atoms with Gasteiger partial charge in [-0.2, -0.15) is 5.10 Å². The monoisotopic (exact) mass is 361 g/mol. The molecule has 4 heterocycles. The van der Waals surface area contributed by atoms with E-state index < -0.39 is 0 Å². The van der Waals surface area contributed by atoms with Crippen molar-refractivity contribution in [2.45, 2.75) is 6.92 Å². The Balaban J connectivity index is 1.79. The van der Waals surface area contributed by atoms with Crippen molar-refractivity contribution in [2.75, 3.05) is 0 Å². The topological polar surface area (TPSA) is 82.9 Å². The van der Waals surface area contributed by atoms with Crippen molar-refractivity contribution in [3.63, 3.8) is 0 Å². The number of fused-ring (bicyclic) bond motifs is 3. The second-order valence-electron chi connectivity index (χ2n) is 6.07. The lowest BCUT2D eigenvalue weighted by Crippen LogP contribution is -2.25. The molecular formula is C18H12FN7O. The Kier molecular flexibility index (Phi) is 3.17. The molecule has 132 valence electrons. The van der Waals surface area contributed by atoms with E-state index in [1.807, 2.05) is 6.92 Å². The lowest BCUT2D eigenvalue weighted by atomic mass is 10.1. The van der Waals surface area contributed by atoms with Gasteiger partial charge in [0.05, 0.1) is 16.6 Å². The van der Waals surface area contributed by atoms with Crippen LogP contribution in [0.1, 0.15) is 5.69 Å². The van der Waals surface area contributed by atoms with Crippen LogP contribution in [0.2, 0.25) is 0 Å². The Hall–Kier alpha value is -3.88. The summed E-state index contributed by atoms with van der Waals surface area (Å²) in [5, 5.41) is 12.4. The Morgan fingerprint density at radius 2 is 1.78 bits per heavy atom. The van der Waals surface area contributed by atoms with Gasteiger partial charge in [0.1, 0.15) is 18.5 Å². The molecule has 0 saturated heterocycles. The van der Waals surface area contributed by atoms with Gasteiger partial charge in [0, 0.05) is 18.0 Å². The minimum atomic E-state index is -0.305. The molecule has 0 bridgehead atoms. The molecule has 0 aliphatic rings. The van der Waals surface area contributed by atoms with E-state index in [-0.39, 0.29) is 11.4 Å². The van der Waals surface area contributed by atoms with E-state index in [0.717, 1.165) is 16.8 Å². The zero-order valence-electron chi connectivity index (χ0n) is 14.1. The number of benzene rings is 1. The lowest BCUT2D eigenvalue weighted by molar-refractivity contribution is 0.628. The summed E-state index contributed by atoms with van der Waals surface area (Å²) in [5.74, 6) is -0.305. The zero-order chi connectivity index (χ0) is 18.5. The van der Waals surface area contributed by atoms with Crippen molar-refractivity contribution in [3.8, 4) is 11.1 Å². The number of pyridine rings is 1. The van der Waals surface area contributed by atoms with E-state index in [1.165, 1.54) is 40.3 Å². The van der Waals surface area contributed by atoms with Gasteiger partial charge in [-0.1, -0.05) is 12.1 Å². The maximum atomic E-state index is 13.3. The van der Waals surface area contributed by atoms with Crippen LogP contribution >= 0.6 is 0 Å². The van der Waals surface area contributed by atoms with Crippen molar-refractivity contribution >= 4 is 16.6 Å². The molecule has 5 aromatic rings. The van der Waals surface area contributed by atoms with Crippen LogP contribution < -0.4 is 5.56 Å². The van der Waals surface area contributed by atoms with Gasteiger partial charge in [0.2, 0.25) is 0 Å². The van der Waals surface area contributed by atoms with E-state index in [9.17, 15) is 9.18 Å². The molecule has 0 amide bonds. The largest absolute Gasteiger partial charge is 0.280 e. The summed E-state index contributed by atoms with van der Waals surface area (Å²) < 4.78 is 17.8. The molecule has 0 fully saturated rings. The number of rotatable bonds is 2. The molecule has 4 aromatic heterocycles. The highest BCUT2D eigenvalue weighted by atomic mass is 19.1. The first kappa shape index (κ1) is 15.4. The van der Waals surface area contributed by atoms with Crippen LogP contribution in [0, 0.1) is 12.7 Å². The van der Waals surface area contributed by atoms with Crippen molar-refractivity contribution in [2.24, 2.45) is 0 Å². The number of halogens is 1. The molecule has 9 heteroatoms. The molecule has 5 rings (SSSR count). The highest BCUT2D eigenvalue weighted by Gasteiger charge is 2.16. The summed E-state index contributed by atoms with van der Waals surface area (Å²) in [6.07, 6.45) is 6.03. The SMILES string of the molecule is Cc1nn2c(ncc3c(=O)n(-n4cnnc4)ccc32)c1-c1ccc(F)cc1. The van der Waals surface area contributed by atoms with Crippen LogP contribution in [0.25, 0.3) is 27.7 Å². The minimum absolute atomic E-state index is 0.266. The lowest BCUT2D eigenvalue weighted by Gasteiger charge is -2.07. The van der Waals surface area contributed by atoms with Crippen molar-refractivity contribution in [1.82, 2.24) is 34.1 Å². The third kappa shape index (κ3) is 2.25. The van der Waals surface area contributed by atoms with E-state index >= 15 is 0 Å². The van der Waals surface area contributed by atoms with E-state index in [1.54, 1.807) is 28.9 Å². The third-order valence-electron chi connectivity index (χ3n) is 4.46. The molecule has 0 radical (unpaired) electrons. The summed E-state index contributed by atoms with van der Waals surface area (Å²) in [6, 6.07) is 7.96. The molecule has 0 N–H and O–H groups in total. The summed E-state index contributed by atoms with van der Waals surface area (Å²) in [4.78, 5) is 17.3. The smallest absolute Gasteiger partial charge is 0.267 e. The molecule has 0 atom stereocenters. The maximum Gasteiger partial charge on any atom is 0.280 e. The fourth-order valence-electron chi connectivity index (χ4n) is 3.21. The Labute approximate surface area is 151 Å². The Morgan fingerprint density at radius 3 is 2.52 bits per heavy atom. The molecular weight excluding hydrogens is 349 g/mol. The number of hydrogen-bond donors (Lipinski definition) is 0. The number of aryl methyl sites for hydroxylation is 1. The quantitative estimate of drug-likeness (QED) is 0.481. The summed E-state index contributed by atoms with van der Waals surface area (Å²) in [5.41, 5.74) is 3.33. The second-order valence-corrected chi connectivity index (χ2v) is 6.07. The van der Waals surface area contributed by atoms with Gasteiger partial charge < -0.3 is 0 Å². The Bertz CT molecular complexity index is 1350. The fraction of sp³-hybridized carbons (Fsp3) is 0.0556. The van der Waals surface area contributed by atoms with E-state index in [4.69, 9.17) is 0 Å². The summed E-state index contributed by atoms with van der Waals surface area (Å²) in [6.45, 7) is 1.86. The van der Waals surface area contributed by atoms with Crippen LogP contribution in [0.5, 0.6) is 0 Å². The molecule has 0 saturated carbocycles. The number of hydrogen-bond acceptors (Lipinski definition) is 5. The zero-order valence-corrected chi connectivity index (χ0v) is 14.1. The van der Waals surface area contributed by atoms with Gasteiger partial charge >= 0.3 is 0 Å². The summed E-state index contributed by atoms with van der Waals surface area (Å²) >= 11 is 0. The van der Waals surface area contributed by atoms with Gasteiger partial charge in [-0.15, -0.1) is 10.2 Å². The van der Waals surface area contributed by atoms with Crippen LogP contribution in [0.4, 0.5) is 4.39 Å². The van der Waals surface area contributed by atoms with Crippen LogP contribution in [0.15, 0.2) is 60.2 Å². The second kappa shape index (κ2) is 5.56. The predicted molar refractivity (Wildman–Crippen MR) is 95.7 cm³/mol. The van der Waals surface area contributed by atoms with Gasteiger partial charge in [0.15, 0.2) is 5.65 Å². The molecule has 8 nitrogen and oxygen atoms in total. The van der Waals surface area contributed by atoms with Crippen LogP contribution in [-0.2, 0) is 0 Å². The normalized spacial score (nSPS) is 11.5. The third-order valence-corrected chi connectivity index (χ3v) is 4.46. The fourth-order valence-corrected chi connectivity index (χ4v) is 3.21. The van der Waals surface area contributed by atoms with E-state index in [2.05, 4.69) is 20.3 Å². The average Bonchev–Trinajstić information content (AvgIpc) is 3.30. The molecule has 0 spiro atoms. The highest BCUT2D eigenvalue weighted by molar-refractivity contribution is 5.86. The first-order chi connectivity index (χ1) is 13.1. The van der Waals surface area contributed by atoms with Crippen LogP contribution in [-0.4, -0.2) is 34.1 Å². The molecule has 0 aliphatic carbocycles. The first-order valence-corrected chi connectivity index (χ1v) is 8.14. The van der Waals surface area contributed by atoms with Gasteiger partial charge in [0.25, 0.3) is 5.56 Å². The van der Waals surface area contributed by atoms with Crippen molar-refractivity contribution in [1.29, 1.82) is 0 Å². The predicted octanol–water partition coefficient (Wildman–Crippen LogP) is 2.06. The first-order valence-electron chi connectivity index (χ1n) is 8.14. The maximum absolute atomic E-state index is 13.3. The standard InChI is InChI=1S/C18H12FN7O/c1-11-16(12-2-4-13(19)5-3-12)17-20-8-14-15(26(17)23-11)6-7-25(18(14)27)24-9-21-22-10-24/h2-10H,1H3. The van der Waals surface area contributed by atoms with Crippen molar-refractivity contribution in [3.05, 3.63) is 77.2 Å². The summed E-state index contributed by atoms with van der Waals surface area (Å²) in [7, 11) is 0. The number of nitrogens with zero attached hydrogens (tertiary/aromatic N) is 7. The molecule has 0 aliphatic heterocycles.